The summed E-state index contributed by atoms with van der Waals surface area (Å²) in [5.74, 6) is 1.33. The lowest BCUT2D eigenvalue weighted by Crippen LogP contribution is -1.99. The monoisotopic (exact) mass is 142 g/mol. The van der Waals surface area contributed by atoms with Crippen LogP contribution in [0.25, 0.3) is 0 Å². The standard InChI is InChI=1S/C8H11Cl/c1-7-2-4-8(6-9)5-3-7/h2-4,8H,5-6H2,1H3. The highest BCUT2D eigenvalue weighted by Gasteiger charge is 2.03. The van der Waals surface area contributed by atoms with Crippen molar-refractivity contribution in [3.05, 3.63) is 23.8 Å². The van der Waals surface area contributed by atoms with Gasteiger partial charge >= 0.3 is 0 Å². The minimum Gasteiger partial charge on any atom is -0.126 e. The van der Waals surface area contributed by atoms with Crippen molar-refractivity contribution in [3.8, 4) is 0 Å². The summed E-state index contributed by atoms with van der Waals surface area (Å²) >= 11 is 5.65. The Hall–Kier alpha value is -0.230. The van der Waals surface area contributed by atoms with Gasteiger partial charge in [-0.1, -0.05) is 23.8 Å². The van der Waals surface area contributed by atoms with E-state index in [1.165, 1.54) is 5.57 Å². The van der Waals surface area contributed by atoms with Gasteiger partial charge in [-0.25, -0.2) is 0 Å². The quantitative estimate of drug-likeness (QED) is 0.494. The first kappa shape index (κ1) is 6.88. The summed E-state index contributed by atoms with van der Waals surface area (Å²) < 4.78 is 0. The fraction of sp³-hybridized carbons (Fsp3) is 0.500. The molecule has 1 aliphatic rings. The second-order valence-electron chi connectivity index (χ2n) is 2.46. The molecule has 0 spiro atoms. The van der Waals surface area contributed by atoms with Crippen LogP contribution in [0.15, 0.2) is 23.8 Å². The fourth-order valence-corrected chi connectivity index (χ4v) is 1.12. The number of rotatable bonds is 1. The zero-order chi connectivity index (χ0) is 6.69. The molecule has 0 nitrogen and oxygen atoms in total. The van der Waals surface area contributed by atoms with Gasteiger partial charge in [-0.05, 0) is 19.3 Å². The first-order valence-corrected chi connectivity index (χ1v) is 3.77. The molecular formula is C8H11Cl. The number of allylic oxidation sites excluding steroid dienone is 4. The Morgan fingerprint density at radius 2 is 2.56 bits per heavy atom. The molecule has 1 atom stereocenters. The fourth-order valence-electron chi connectivity index (χ4n) is 0.886. The van der Waals surface area contributed by atoms with Crippen molar-refractivity contribution in [2.24, 2.45) is 5.92 Å². The summed E-state index contributed by atoms with van der Waals surface area (Å²) in [4.78, 5) is 0. The molecule has 0 saturated carbocycles. The van der Waals surface area contributed by atoms with Gasteiger partial charge in [0.1, 0.15) is 0 Å². The second kappa shape index (κ2) is 3.07. The molecule has 0 amide bonds. The Morgan fingerprint density at radius 1 is 1.78 bits per heavy atom. The summed E-state index contributed by atoms with van der Waals surface area (Å²) in [5, 5.41) is 0. The largest absolute Gasteiger partial charge is 0.126 e. The number of hydrogen-bond acceptors (Lipinski definition) is 0. The van der Waals surface area contributed by atoms with Gasteiger partial charge in [0.05, 0.1) is 0 Å². The van der Waals surface area contributed by atoms with E-state index >= 15 is 0 Å². The van der Waals surface area contributed by atoms with Gasteiger partial charge in [0.2, 0.25) is 0 Å². The average Bonchev–Trinajstić information content (AvgIpc) is 1.90. The predicted molar refractivity (Wildman–Crippen MR) is 41.7 cm³/mol. The Bertz CT molecular complexity index is 145. The lowest BCUT2D eigenvalue weighted by atomic mass is 9.99. The van der Waals surface area contributed by atoms with Crippen LogP contribution in [0.3, 0.4) is 0 Å². The van der Waals surface area contributed by atoms with E-state index in [4.69, 9.17) is 11.6 Å². The van der Waals surface area contributed by atoms with Crippen LogP contribution in [0, 0.1) is 5.92 Å². The van der Waals surface area contributed by atoms with Gasteiger partial charge in [-0.3, -0.25) is 0 Å². The molecule has 0 aromatic carbocycles. The van der Waals surface area contributed by atoms with Crippen LogP contribution in [-0.2, 0) is 0 Å². The lowest BCUT2D eigenvalue weighted by Gasteiger charge is -2.09. The van der Waals surface area contributed by atoms with Gasteiger partial charge in [0.15, 0.2) is 0 Å². The number of hydrogen-bond donors (Lipinski definition) is 0. The molecule has 1 aliphatic carbocycles. The molecule has 0 radical (unpaired) electrons. The van der Waals surface area contributed by atoms with Crippen molar-refractivity contribution in [1.29, 1.82) is 0 Å². The van der Waals surface area contributed by atoms with Crippen LogP contribution < -0.4 is 0 Å². The van der Waals surface area contributed by atoms with Crippen molar-refractivity contribution >= 4 is 11.6 Å². The molecule has 0 saturated heterocycles. The maximum absolute atomic E-state index is 5.65. The van der Waals surface area contributed by atoms with Gasteiger partial charge in [-0.15, -0.1) is 11.6 Å². The second-order valence-corrected chi connectivity index (χ2v) is 2.77. The van der Waals surface area contributed by atoms with Crippen LogP contribution in [0.1, 0.15) is 13.3 Å². The van der Waals surface area contributed by atoms with Gasteiger partial charge in [-0.2, -0.15) is 0 Å². The number of halogens is 1. The Balaban J connectivity index is 2.48. The third kappa shape index (κ3) is 1.87. The van der Waals surface area contributed by atoms with Crippen LogP contribution in [-0.4, -0.2) is 5.88 Å². The highest BCUT2D eigenvalue weighted by atomic mass is 35.5. The Kier molecular flexibility index (Phi) is 2.35. The third-order valence-electron chi connectivity index (χ3n) is 1.57. The van der Waals surface area contributed by atoms with E-state index in [-0.39, 0.29) is 0 Å². The summed E-state index contributed by atoms with van der Waals surface area (Å²) in [5.41, 5.74) is 1.36. The van der Waals surface area contributed by atoms with E-state index in [1.807, 2.05) is 0 Å². The summed E-state index contributed by atoms with van der Waals surface area (Å²) in [6, 6.07) is 0. The van der Waals surface area contributed by atoms with E-state index in [9.17, 15) is 0 Å². The van der Waals surface area contributed by atoms with Crippen LogP contribution in [0.2, 0.25) is 0 Å². The van der Waals surface area contributed by atoms with Crippen molar-refractivity contribution in [3.63, 3.8) is 0 Å². The molecule has 1 unspecified atom stereocenters. The topological polar surface area (TPSA) is 0 Å². The molecule has 0 fully saturated rings. The number of alkyl halides is 1. The molecule has 0 aliphatic heterocycles. The van der Waals surface area contributed by atoms with Crippen LogP contribution in [0.5, 0.6) is 0 Å². The van der Waals surface area contributed by atoms with Gasteiger partial charge in [0.25, 0.3) is 0 Å². The van der Waals surface area contributed by atoms with Crippen molar-refractivity contribution < 1.29 is 0 Å². The van der Waals surface area contributed by atoms with Crippen molar-refractivity contribution in [1.82, 2.24) is 0 Å². The minimum absolute atomic E-state index is 0.579. The molecule has 9 heavy (non-hydrogen) atoms. The highest BCUT2D eigenvalue weighted by Crippen LogP contribution is 2.16. The Labute approximate surface area is 61.2 Å². The first-order valence-electron chi connectivity index (χ1n) is 3.24. The van der Waals surface area contributed by atoms with E-state index in [2.05, 4.69) is 25.2 Å². The molecule has 1 rings (SSSR count). The SMILES string of the molecule is CC1=CCC(CCl)C=C1. The third-order valence-corrected chi connectivity index (χ3v) is 1.97. The molecule has 50 valence electrons. The van der Waals surface area contributed by atoms with Crippen molar-refractivity contribution in [2.45, 2.75) is 13.3 Å². The molecule has 0 N–H and O–H groups in total. The van der Waals surface area contributed by atoms with Crippen LogP contribution >= 0.6 is 11.6 Å². The minimum atomic E-state index is 0.579. The van der Waals surface area contributed by atoms with E-state index in [0.29, 0.717) is 5.92 Å². The molecule has 0 aromatic heterocycles. The maximum Gasteiger partial charge on any atom is 0.0289 e. The Morgan fingerprint density at radius 3 is 3.00 bits per heavy atom. The molecule has 0 aromatic rings. The van der Waals surface area contributed by atoms with E-state index < -0.39 is 0 Å². The maximum atomic E-state index is 5.65. The molecule has 0 bridgehead atoms. The molecule has 1 heteroatoms. The average molecular weight is 143 g/mol. The molecular weight excluding hydrogens is 132 g/mol. The van der Waals surface area contributed by atoms with Gasteiger partial charge < -0.3 is 0 Å². The predicted octanol–water partition coefficient (Wildman–Crippen LogP) is 2.75. The smallest absolute Gasteiger partial charge is 0.0289 e. The van der Waals surface area contributed by atoms with Crippen molar-refractivity contribution in [2.75, 3.05) is 5.88 Å². The summed E-state index contributed by atoms with van der Waals surface area (Å²) in [7, 11) is 0. The van der Waals surface area contributed by atoms with E-state index in [0.717, 1.165) is 12.3 Å². The van der Waals surface area contributed by atoms with Gasteiger partial charge in [0, 0.05) is 5.88 Å². The zero-order valence-electron chi connectivity index (χ0n) is 5.60. The van der Waals surface area contributed by atoms with Crippen LogP contribution in [0.4, 0.5) is 0 Å². The lowest BCUT2D eigenvalue weighted by molar-refractivity contribution is 0.739. The normalized spacial score (nSPS) is 26.0. The first-order chi connectivity index (χ1) is 4.33. The summed E-state index contributed by atoms with van der Waals surface area (Å²) in [6.45, 7) is 2.11. The summed E-state index contributed by atoms with van der Waals surface area (Å²) in [6.07, 6.45) is 7.66. The van der Waals surface area contributed by atoms with E-state index in [1.54, 1.807) is 0 Å². The zero-order valence-corrected chi connectivity index (χ0v) is 6.36. The molecule has 0 heterocycles. The highest BCUT2D eigenvalue weighted by molar-refractivity contribution is 6.18.